The highest BCUT2D eigenvalue weighted by Gasteiger charge is 2.39. The van der Waals surface area contributed by atoms with Gasteiger partial charge in [0, 0.05) is 17.4 Å². The second kappa shape index (κ2) is 9.30. The summed E-state index contributed by atoms with van der Waals surface area (Å²) < 4.78 is 30.7. The van der Waals surface area contributed by atoms with Crippen molar-refractivity contribution in [2.45, 2.75) is 38.4 Å². The van der Waals surface area contributed by atoms with E-state index < -0.39 is 12.6 Å². The molecule has 6 heteroatoms. The lowest BCUT2D eigenvalue weighted by Gasteiger charge is -2.42. The molecule has 0 aromatic heterocycles. The zero-order chi connectivity index (χ0) is 21.8. The van der Waals surface area contributed by atoms with Crippen LogP contribution in [0.3, 0.4) is 0 Å². The monoisotopic (exact) mass is 414 g/mol. The Bertz CT molecular complexity index is 908. The molecule has 0 unspecified atom stereocenters. The van der Waals surface area contributed by atoms with Gasteiger partial charge in [0.05, 0.1) is 19.3 Å². The Morgan fingerprint density at radius 3 is 2.57 bits per heavy atom. The van der Waals surface area contributed by atoms with Crippen molar-refractivity contribution >= 4 is 5.97 Å². The molecule has 160 valence electrons. The molecule has 1 heterocycles. The molecular weight excluding hydrogens is 387 g/mol. The third-order valence-electron chi connectivity index (χ3n) is 5.61. The number of aliphatic carboxylic acids is 1. The molecule has 1 aliphatic rings. The van der Waals surface area contributed by atoms with Crippen molar-refractivity contribution in [2.75, 3.05) is 13.7 Å². The minimum Gasteiger partial charge on any atom is -0.497 e. The molecule has 2 aromatic rings. The van der Waals surface area contributed by atoms with Gasteiger partial charge in [-0.25, -0.2) is 9.18 Å². The van der Waals surface area contributed by atoms with Crippen molar-refractivity contribution in [1.29, 1.82) is 0 Å². The van der Waals surface area contributed by atoms with E-state index in [0.717, 1.165) is 23.1 Å². The fourth-order valence-electron chi connectivity index (χ4n) is 4.02. The van der Waals surface area contributed by atoms with Crippen molar-refractivity contribution in [3.05, 3.63) is 71.6 Å². The lowest BCUT2D eigenvalue weighted by molar-refractivity contribution is -0.139. The first kappa shape index (κ1) is 21.8. The summed E-state index contributed by atoms with van der Waals surface area (Å²) in [6.07, 6.45) is 0.255. The maximum absolute atomic E-state index is 13.4. The second-order valence-corrected chi connectivity index (χ2v) is 7.69. The fourth-order valence-corrected chi connectivity index (χ4v) is 4.02. The first-order valence-electron chi connectivity index (χ1n) is 9.89. The molecule has 1 N–H and O–H groups in total. The minimum absolute atomic E-state index is 0.0319. The predicted molar refractivity (Wildman–Crippen MR) is 111 cm³/mol. The number of benzene rings is 2. The quantitative estimate of drug-likeness (QED) is 0.637. The molecule has 0 spiro atoms. The smallest absolute Gasteiger partial charge is 0.341 e. The van der Waals surface area contributed by atoms with E-state index >= 15 is 0 Å². The van der Waals surface area contributed by atoms with Crippen LogP contribution in [0.5, 0.6) is 11.5 Å². The van der Waals surface area contributed by atoms with Gasteiger partial charge in [0.15, 0.2) is 6.61 Å². The Kier molecular flexibility index (Phi) is 6.77. The van der Waals surface area contributed by atoms with E-state index in [0.29, 0.717) is 11.5 Å². The van der Waals surface area contributed by atoms with Crippen LogP contribution in [0, 0.1) is 11.7 Å². The highest BCUT2D eigenvalue weighted by Crippen LogP contribution is 2.48. The molecule has 30 heavy (non-hydrogen) atoms. The highest BCUT2D eigenvalue weighted by atomic mass is 19.1. The van der Waals surface area contributed by atoms with Gasteiger partial charge in [-0.3, -0.25) is 0 Å². The van der Waals surface area contributed by atoms with Gasteiger partial charge in [-0.05, 0) is 56.2 Å². The van der Waals surface area contributed by atoms with Crippen molar-refractivity contribution in [1.82, 2.24) is 0 Å². The molecule has 0 amide bonds. The SMILES string of the molecule is C=C(C)[C@H]1C[C@H](c2ccc(F)cc2)[C@H](C)O[C@@H]1c1cc(OC)ccc1OCC(=O)O. The third-order valence-corrected chi connectivity index (χ3v) is 5.61. The summed E-state index contributed by atoms with van der Waals surface area (Å²) in [7, 11) is 1.57. The van der Waals surface area contributed by atoms with Gasteiger partial charge >= 0.3 is 5.97 Å². The number of methoxy groups -OCH3 is 1. The van der Waals surface area contributed by atoms with Crippen LogP contribution in [0.2, 0.25) is 0 Å². The third kappa shape index (κ3) is 4.82. The topological polar surface area (TPSA) is 65.0 Å². The average molecular weight is 414 g/mol. The number of ether oxygens (including phenoxy) is 3. The van der Waals surface area contributed by atoms with E-state index in [-0.39, 0.29) is 29.9 Å². The van der Waals surface area contributed by atoms with Gasteiger partial charge in [0.2, 0.25) is 0 Å². The van der Waals surface area contributed by atoms with Crippen LogP contribution in [-0.4, -0.2) is 30.9 Å². The molecule has 3 rings (SSSR count). The van der Waals surface area contributed by atoms with Gasteiger partial charge in [-0.15, -0.1) is 0 Å². The van der Waals surface area contributed by atoms with Gasteiger partial charge in [-0.1, -0.05) is 24.3 Å². The molecule has 5 nitrogen and oxygen atoms in total. The first-order chi connectivity index (χ1) is 14.3. The molecule has 0 aliphatic carbocycles. The van der Waals surface area contributed by atoms with Crippen LogP contribution >= 0.6 is 0 Å². The van der Waals surface area contributed by atoms with Gasteiger partial charge in [0.25, 0.3) is 0 Å². The highest BCUT2D eigenvalue weighted by molar-refractivity contribution is 5.68. The van der Waals surface area contributed by atoms with Gasteiger partial charge < -0.3 is 19.3 Å². The van der Waals surface area contributed by atoms with Gasteiger partial charge in [-0.2, -0.15) is 0 Å². The molecule has 0 saturated carbocycles. The number of halogens is 1. The van der Waals surface area contributed by atoms with Crippen LogP contribution in [0.15, 0.2) is 54.6 Å². The molecule has 4 atom stereocenters. The van der Waals surface area contributed by atoms with Gasteiger partial charge in [0.1, 0.15) is 17.3 Å². The van der Waals surface area contributed by atoms with Crippen LogP contribution < -0.4 is 9.47 Å². The average Bonchev–Trinajstić information content (AvgIpc) is 2.72. The molecule has 1 fully saturated rings. The zero-order valence-electron chi connectivity index (χ0n) is 17.4. The second-order valence-electron chi connectivity index (χ2n) is 7.69. The standard InChI is InChI=1S/C24H27FO5/c1-14(2)19-12-20(16-5-7-17(25)8-6-16)15(3)30-24(19)21-11-18(28-4)9-10-22(21)29-13-23(26)27/h5-11,15,19-20,24H,1,12-13H2,2-4H3,(H,26,27)/t15-,19+,20-,24-/m0/s1. The predicted octanol–water partition coefficient (Wildman–Crippen LogP) is 5.12. The number of carbonyl (C=O) groups is 1. The Morgan fingerprint density at radius 1 is 1.27 bits per heavy atom. The van der Waals surface area contributed by atoms with E-state index in [2.05, 4.69) is 6.58 Å². The number of carboxylic acids is 1. The molecule has 0 bridgehead atoms. The van der Waals surface area contributed by atoms with Crippen LogP contribution in [0.1, 0.15) is 43.4 Å². The maximum Gasteiger partial charge on any atom is 0.341 e. The summed E-state index contributed by atoms with van der Waals surface area (Å²) in [6, 6.07) is 11.8. The van der Waals surface area contributed by atoms with E-state index in [1.165, 1.54) is 12.1 Å². The lowest BCUT2D eigenvalue weighted by atomic mass is 9.76. The molecule has 0 radical (unpaired) electrons. The molecular formula is C24H27FO5. The summed E-state index contributed by atoms with van der Waals surface area (Å²) in [5.74, 6) is -0.198. The van der Waals surface area contributed by atoms with Crippen molar-refractivity contribution < 1.29 is 28.5 Å². The number of carboxylic acid groups (broad SMARTS) is 1. The fraction of sp³-hybridized carbons (Fsp3) is 0.375. The summed E-state index contributed by atoms with van der Waals surface area (Å²) >= 11 is 0. The first-order valence-corrected chi connectivity index (χ1v) is 9.89. The van der Waals surface area contributed by atoms with Crippen LogP contribution in [0.25, 0.3) is 0 Å². The number of hydrogen-bond donors (Lipinski definition) is 1. The van der Waals surface area contributed by atoms with Crippen molar-refractivity contribution in [3.8, 4) is 11.5 Å². The number of hydrogen-bond acceptors (Lipinski definition) is 4. The zero-order valence-corrected chi connectivity index (χ0v) is 17.4. The summed E-state index contributed by atoms with van der Waals surface area (Å²) in [5.41, 5.74) is 2.70. The largest absolute Gasteiger partial charge is 0.497 e. The Balaban J connectivity index is 1.96. The Labute approximate surface area is 176 Å². The van der Waals surface area contributed by atoms with E-state index in [9.17, 15) is 9.18 Å². The summed E-state index contributed by atoms with van der Waals surface area (Å²) in [5, 5.41) is 9.02. The molecule has 1 saturated heterocycles. The Hall–Kier alpha value is -2.86. The van der Waals surface area contributed by atoms with Crippen LogP contribution in [0.4, 0.5) is 4.39 Å². The lowest BCUT2D eigenvalue weighted by Crippen LogP contribution is -2.34. The summed E-state index contributed by atoms with van der Waals surface area (Å²) in [4.78, 5) is 11.0. The van der Waals surface area contributed by atoms with Crippen LogP contribution in [-0.2, 0) is 9.53 Å². The molecule has 2 aromatic carbocycles. The molecule has 1 aliphatic heterocycles. The Morgan fingerprint density at radius 2 is 1.97 bits per heavy atom. The van der Waals surface area contributed by atoms with E-state index in [1.807, 2.05) is 19.9 Å². The van der Waals surface area contributed by atoms with Crippen molar-refractivity contribution in [3.63, 3.8) is 0 Å². The number of rotatable bonds is 7. The summed E-state index contributed by atoms with van der Waals surface area (Å²) in [6.45, 7) is 7.66. The van der Waals surface area contributed by atoms with E-state index in [4.69, 9.17) is 19.3 Å². The minimum atomic E-state index is -1.05. The maximum atomic E-state index is 13.4. The van der Waals surface area contributed by atoms with E-state index in [1.54, 1.807) is 31.4 Å². The normalized spacial score (nSPS) is 23.6. The van der Waals surface area contributed by atoms with Crippen molar-refractivity contribution in [2.24, 2.45) is 5.92 Å².